The van der Waals surface area contributed by atoms with Crippen LogP contribution in [0.5, 0.6) is 5.75 Å². The van der Waals surface area contributed by atoms with Gasteiger partial charge in [-0.3, -0.25) is 14.4 Å². The van der Waals surface area contributed by atoms with Crippen LogP contribution in [0, 0.1) is 5.82 Å². The van der Waals surface area contributed by atoms with E-state index in [1.54, 1.807) is 12.1 Å². The lowest BCUT2D eigenvalue weighted by Gasteiger charge is -2.45. The predicted octanol–water partition coefficient (Wildman–Crippen LogP) is 0.925. The lowest BCUT2D eigenvalue weighted by molar-refractivity contribution is -0.152. The standard InChI is InChI=1S/C21H20FN3O4/c22-15-3-1-2-14(11-15)20(28)24-8-9-25-18(12-24)19(27)23-17(21(25)29)10-13-4-6-16(26)7-5-13/h1-7,11,17-18,26H,8-10,12H2,(H,23,27). The number of phenolic OH excluding ortho intramolecular Hbond substituents is 1. The number of amides is 3. The SMILES string of the molecule is O=C1NC(Cc2ccc(O)cc2)C(=O)N2CCN(C(=O)c3cccc(F)c3)CC12. The summed E-state index contributed by atoms with van der Waals surface area (Å²) in [6.07, 6.45) is 0.319. The second-order valence-electron chi connectivity index (χ2n) is 7.24. The van der Waals surface area contributed by atoms with Crippen LogP contribution in [-0.4, -0.2) is 64.3 Å². The van der Waals surface area contributed by atoms with E-state index in [1.165, 1.54) is 40.1 Å². The molecule has 0 spiro atoms. The van der Waals surface area contributed by atoms with E-state index in [0.29, 0.717) is 6.42 Å². The van der Waals surface area contributed by atoms with Crippen LogP contribution >= 0.6 is 0 Å². The third-order valence-electron chi connectivity index (χ3n) is 5.32. The number of halogens is 1. The summed E-state index contributed by atoms with van der Waals surface area (Å²) >= 11 is 0. The van der Waals surface area contributed by atoms with Gasteiger partial charge in [0, 0.05) is 25.1 Å². The van der Waals surface area contributed by atoms with E-state index in [2.05, 4.69) is 5.32 Å². The second kappa shape index (κ2) is 7.54. The smallest absolute Gasteiger partial charge is 0.254 e. The zero-order chi connectivity index (χ0) is 20.5. The molecule has 2 aromatic rings. The maximum Gasteiger partial charge on any atom is 0.254 e. The molecule has 7 nitrogen and oxygen atoms in total. The molecular weight excluding hydrogens is 377 g/mol. The molecule has 2 saturated heterocycles. The fraction of sp³-hybridized carbons (Fsp3) is 0.286. The van der Waals surface area contributed by atoms with Crippen LogP contribution in [0.25, 0.3) is 0 Å². The van der Waals surface area contributed by atoms with E-state index in [-0.39, 0.29) is 48.7 Å². The van der Waals surface area contributed by atoms with E-state index in [0.717, 1.165) is 11.6 Å². The Bertz CT molecular complexity index is 963. The van der Waals surface area contributed by atoms with Crippen molar-refractivity contribution in [2.75, 3.05) is 19.6 Å². The second-order valence-corrected chi connectivity index (χ2v) is 7.24. The average Bonchev–Trinajstić information content (AvgIpc) is 2.72. The van der Waals surface area contributed by atoms with Crippen LogP contribution in [0.2, 0.25) is 0 Å². The molecule has 2 unspecified atom stereocenters. The van der Waals surface area contributed by atoms with Gasteiger partial charge in [0.25, 0.3) is 5.91 Å². The lowest BCUT2D eigenvalue weighted by Crippen LogP contribution is -2.70. The summed E-state index contributed by atoms with van der Waals surface area (Å²) < 4.78 is 13.4. The Morgan fingerprint density at radius 2 is 1.90 bits per heavy atom. The van der Waals surface area contributed by atoms with Gasteiger partial charge in [-0.1, -0.05) is 18.2 Å². The van der Waals surface area contributed by atoms with Crippen molar-refractivity contribution in [3.63, 3.8) is 0 Å². The normalized spacial score (nSPS) is 21.6. The van der Waals surface area contributed by atoms with Crippen LogP contribution < -0.4 is 5.32 Å². The molecule has 2 fully saturated rings. The average molecular weight is 397 g/mol. The predicted molar refractivity (Wildman–Crippen MR) is 102 cm³/mol. The molecule has 3 amide bonds. The fourth-order valence-corrected chi connectivity index (χ4v) is 3.80. The van der Waals surface area contributed by atoms with Gasteiger partial charge in [-0.15, -0.1) is 0 Å². The van der Waals surface area contributed by atoms with Crippen molar-refractivity contribution >= 4 is 17.7 Å². The van der Waals surface area contributed by atoms with Crippen molar-refractivity contribution in [3.8, 4) is 5.75 Å². The van der Waals surface area contributed by atoms with Crippen molar-refractivity contribution in [1.29, 1.82) is 0 Å². The molecule has 8 heteroatoms. The van der Waals surface area contributed by atoms with E-state index < -0.39 is 17.9 Å². The summed E-state index contributed by atoms with van der Waals surface area (Å²) in [5.41, 5.74) is 1.03. The topological polar surface area (TPSA) is 89.9 Å². The van der Waals surface area contributed by atoms with Crippen LogP contribution in [0.3, 0.4) is 0 Å². The third-order valence-corrected chi connectivity index (χ3v) is 5.32. The summed E-state index contributed by atoms with van der Waals surface area (Å²) in [6, 6.07) is 10.4. The summed E-state index contributed by atoms with van der Waals surface area (Å²) in [5.74, 6) is -1.25. The molecule has 2 aliphatic rings. The Hall–Kier alpha value is -3.42. The molecule has 0 radical (unpaired) electrons. The molecule has 29 heavy (non-hydrogen) atoms. The molecule has 4 rings (SSSR count). The van der Waals surface area contributed by atoms with Crippen molar-refractivity contribution in [2.45, 2.75) is 18.5 Å². The minimum Gasteiger partial charge on any atom is -0.508 e. The number of hydrogen-bond donors (Lipinski definition) is 2. The molecule has 2 aromatic carbocycles. The highest BCUT2D eigenvalue weighted by Crippen LogP contribution is 2.21. The first-order chi connectivity index (χ1) is 13.9. The first kappa shape index (κ1) is 18.9. The van der Waals surface area contributed by atoms with Gasteiger partial charge in [-0.2, -0.15) is 0 Å². The highest BCUT2D eigenvalue weighted by Gasteiger charge is 2.44. The van der Waals surface area contributed by atoms with Crippen molar-refractivity contribution < 1.29 is 23.9 Å². The van der Waals surface area contributed by atoms with Crippen LogP contribution in [0.1, 0.15) is 15.9 Å². The molecule has 2 N–H and O–H groups in total. The summed E-state index contributed by atoms with van der Waals surface area (Å²) in [6.45, 7) is 0.583. The number of fused-ring (bicyclic) bond motifs is 1. The zero-order valence-corrected chi connectivity index (χ0v) is 15.5. The molecule has 150 valence electrons. The van der Waals surface area contributed by atoms with Crippen molar-refractivity contribution in [2.24, 2.45) is 0 Å². The van der Waals surface area contributed by atoms with Gasteiger partial charge in [-0.05, 0) is 35.9 Å². The number of piperazine rings is 2. The lowest BCUT2D eigenvalue weighted by atomic mass is 9.98. The van der Waals surface area contributed by atoms with Gasteiger partial charge in [0.1, 0.15) is 23.7 Å². The number of aromatic hydroxyl groups is 1. The number of carbonyl (C=O) groups is 3. The van der Waals surface area contributed by atoms with Crippen LogP contribution in [0.15, 0.2) is 48.5 Å². The zero-order valence-electron chi connectivity index (χ0n) is 15.5. The van der Waals surface area contributed by atoms with E-state index in [9.17, 15) is 23.9 Å². The molecule has 2 atom stereocenters. The number of rotatable bonds is 3. The first-order valence-electron chi connectivity index (χ1n) is 9.36. The number of benzene rings is 2. The molecule has 0 aliphatic carbocycles. The van der Waals surface area contributed by atoms with E-state index >= 15 is 0 Å². The molecule has 0 saturated carbocycles. The Balaban J connectivity index is 1.46. The Labute approximate surface area is 166 Å². The van der Waals surface area contributed by atoms with Crippen LogP contribution in [-0.2, 0) is 16.0 Å². The minimum atomic E-state index is -0.759. The first-order valence-corrected chi connectivity index (χ1v) is 9.36. The molecular formula is C21H20FN3O4. The highest BCUT2D eigenvalue weighted by atomic mass is 19.1. The Morgan fingerprint density at radius 1 is 1.14 bits per heavy atom. The number of phenols is 1. The molecule has 2 heterocycles. The van der Waals surface area contributed by atoms with Gasteiger partial charge < -0.3 is 20.2 Å². The molecule has 0 bridgehead atoms. The Morgan fingerprint density at radius 3 is 2.62 bits per heavy atom. The monoisotopic (exact) mass is 397 g/mol. The highest BCUT2D eigenvalue weighted by molar-refractivity contribution is 5.99. The number of hydrogen-bond acceptors (Lipinski definition) is 4. The van der Waals surface area contributed by atoms with Gasteiger partial charge in [0.15, 0.2) is 0 Å². The number of nitrogens with zero attached hydrogens (tertiary/aromatic N) is 2. The van der Waals surface area contributed by atoms with E-state index in [4.69, 9.17) is 0 Å². The van der Waals surface area contributed by atoms with Gasteiger partial charge in [0.2, 0.25) is 11.8 Å². The third kappa shape index (κ3) is 3.78. The maximum atomic E-state index is 13.4. The van der Waals surface area contributed by atoms with Gasteiger partial charge >= 0.3 is 0 Å². The van der Waals surface area contributed by atoms with E-state index in [1.807, 2.05) is 0 Å². The molecule has 2 aliphatic heterocycles. The van der Waals surface area contributed by atoms with Gasteiger partial charge in [0.05, 0.1) is 6.54 Å². The number of carbonyl (C=O) groups excluding carboxylic acids is 3. The fourth-order valence-electron chi connectivity index (χ4n) is 3.80. The largest absolute Gasteiger partial charge is 0.508 e. The van der Waals surface area contributed by atoms with Crippen molar-refractivity contribution in [1.82, 2.24) is 15.1 Å². The van der Waals surface area contributed by atoms with Crippen LogP contribution in [0.4, 0.5) is 4.39 Å². The summed E-state index contributed by atoms with van der Waals surface area (Å²) in [5, 5.41) is 12.1. The maximum absolute atomic E-state index is 13.4. The number of nitrogens with one attached hydrogen (secondary N) is 1. The quantitative estimate of drug-likeness (QED) is 0.806. The summed E-state index contributed by atoms with van der Waals surface area (Å²) in [7, 11) is 0. The Kier molecular flexibility index (Phi) is 4.92. The minimum absolute atomic E-state index is 0.0683. The van der Waals surface area contributed by atoms with Crippen molar-refractivity contribution in [3.05, 3.63) is 65.5 Å². The van der Waals surface area contributed by atoms with Gasteiger partial charge in [-0.25, -0.2) is 4.39 Å². The summed E-state index contributed by atoms with van der Waals surface area (Å²) in [4.78, 5) is 41.2. The molecule has 0 aromatic heterocycles.